The standard InChI is InChI=1S/C19H18N4O3/c1-12-4-2-5-13(8-12)10-23-11-14(9-16(23)24)17-21-19(26-22-17)15-6-3-7-20-18(15)25/h2-8,14H,9-11H2,1H3,(H,20,25)/t14-/m1/s1. The number of likely N-dealkylation sites (tertiary alicyclic amines) is 1. The minimum absolute atomic E-state index is 0.0698. The zero-order chi connectivity index (χ0) is 18.1. The van der Waals surface area contributed by atoms with Crippen LogP contribution in [0.3, 0.4) is 0 Å². The second kappa shape index (κ2) is 6.59. The van der Waals surface area contributed by atoms with Crippen molar-refractivity contribution in [3.63, 3.8) is 0 Å². The first kappa shape index (κ1) is 16.3. The molecule has 7 heteroatoms. The number of rotatable bonds is 4. The first-order valence-electron chi connectivity index (χ1n) is 8.45. The third-order valence-electron chi connectivity index (χ3n) is 4.53. The average molecular weight is 350 g/mol. The number of nitrogens with zero attached hydrogens (tertiary/aromatic N) is 3. The maximum atomic E-state index is 12.4. The Labute approximate surface area is 149 Å². The van der Waals surface area contributed by atoms with Gasteiger partial charge in [-0.05, 0) is 24.6 Å². The highest BCUT2D eigenvalue weighted by Crippen LogP contribution is 2.28. The molecule has 0 unspecified atom stereocenters. The SMILES string of the molecule is Cc1cccc(CN2C[C@H](c3noc(-c4ccc[nH]c4=O)n3)CC2=O)c1. The van der Waals surface area contributed by atoms with Crippen molar-refractivity contribution in [3.05, 3.63) is 69.9 Å². The molecular weight excluding hydrogens is 332 g/mol. The molecule has 26 heavy (non-hydrogen) atoms. The normalized spacial score (nSPS) is 17.0. The van der Waals surface area contributed by atoms with E-state index in [1.807, 2.05) is 30.0 Å². The van der Waals surface area contributed by atoms with Crippen LogP contribution in [-0.4, -0.2) is 32.5 Å². The van der Waals surface area contributed by atoms with Crippen LogP contribution in [0, 0.1) is 6.92 Å². The van der Waals surface area contributed by atoms with Crippen molar-refractivity contribution in [1.82, 2.24) is 20.0 Å². The number of hydrogen-bond donors (Lipinski definition) is 1. The van der Waals surface area contributed by atoms with Crippen LogP contribution in [0.25, 0.3) is 11.5 Å². The summed E-state index contributed by atoms with van der Waals surface area (Å²) >= 11 is 0. The second-order valence-electron chi connectivity index (χ2n) is 6.54. The van der Waals surface area contributed by atoms with E-state index in [4.69, 9.17) is 4.52 Å². The van der Waals surface area contributed by atoms with Crippen LogP contribution in [-0.2, 0) is 11.3 Å². The molecule has 7 nitrogen and oxygen atoms in total. The van der Waals surface area contributed by atoms with Gasteiger partial charge < -0.3 is 14.4 Å². The van der Waals surface area contributed by atoms with Gasteiger partial charge in [-0.15, -0.1) is 0 Å². The zero-order valence-corrected chi connectivity index (χ0v) is 14.3. The van der Waals surface area contributed by atoms with Gasteiger partial charge in [0, 0.05) is 31.6 Å². The number of aromatic amines is 1. The van der Waals surface area contributed by atoms with E-state index in [2.05, 4.69) is 21.2 Å². The first-order valence-corrected chi connectivity index (χ1v) is 8.45. The summed E-state index contributed by atoms with van der Waals surface area (Å²) in [7, 11) is 0. The van der Waals surface area contributed by atoms with E-state index in [-0.39, 0.29) is 23.3 Å². The minimum atomic E-state index is -0.286. The molecular formula is C19H18N4O3. The number of amides is 1. The van der Waals surface area contributed by atoms with Crippen LogP contribution in [0.5, 0.6) is 0 Å². The number of aromatic nitrogens is 3. The number of carbonyl (C=O) groups excluding carboxylic acids is 1. The average Bonchev–Trinajstić information content (AvgIpc) is 3.23. The summed E-state index contributed by atoms with van der Waals surface area (Å²) in [5, 5.41) is 3.99. The molecule has 1 atom stereocenters. The molecule has 0 saturated carbocycles. The van der Waals surface area contributed by atoms with Gasteiger partial charge in [0.15, 0.2) is 5.82 Å². The molecule has 0 spiro atoms. The van der Waals surface area contributed by atoms with Crippen LogP contribution in [0.2, 0.25) is 0 Å². The van der Waals surface area contributed by atoms with E-state index in [9.17, 15) is 9.59 Å². The topological polar surface area (TPSA) is 92.1 Å². The van der Waals surface area contributed by atoms with E-state index in [0.29, 0.717) is 30.9 Å². The van der Waals surface area contributed by atoms with Crippen molar-refractivity contribution in [2.24, 2.45) is 0 Å². The van der Waals surface area contributed by atoms with E-state index < -0.39 is 0 Å². The molecule has 1 amide bonds. The highest BCUT2D eigenvalue weighted by Gasteiger charge is 2.33. The maximum absolute atomic E-state index is 12.4. The molecule has 1 aliphatic rings. The Bertz CT molecular complexity index is 1010. The lowest BCUT2D eigenvalue weighted by Gasteiger charge is -2.16. The predicted octanol–water partition coefficient (Wildman–Crippen LogP) is 2.25. The summed E-state index contributed by atoms with van der Waals surface area (Å²) < 4.78 is 5.24. The Hall–Kier alpha value is -3.22. The van der Waals surface area contributed by atoms with Crippen LogP contribution >= 0.6 is 0 Å². The molecule has 1 N–H and O–H groups in total. The van der Waals surface area contributed by atoms with E-state index in [1.54, 1.807) is 18.3 Å². The quantitative estimate of drug-likeness (QED) is 0.779. The predicted molar refractivity (Wildman–Crippen MR) is 94.3 cm³/mol. The van der Waals surface area contributed by atoms with Crippen molar-refractivity contribution in [3.8, 4) is 11.5 Å². The summed E-state index contributed by atoms with van der Waals surface area (Å²) in [6.45, 7) is 3.14. The Morgan fingerprint density at radius 3 is 2.96 bits per heavy atom. The molecule has 4 rings (SSSR count). The highest BCUT2D eigenvalue weighted by atomic mass is 16.5. The van der Waals surface area contributed by atoms with Gasteiger partial charge in [0.05, 0.1) is 0 Å². The van der Waals surface area contributed by atoms with Crippen molar-refractivity contribution in [2.45, 2.75) is 25.8 Å². The lowest BCUT2D eigenvalue weighted by atomic mass is 10.1. The van der Waals surface area contributed by atoms with Crippen molar-refractivity contribution >= 4 is 5.91 Å². The maximum Gasteiger partial charge on any atom is 0.263 e. The monoisotopic (exact) mass is 350 g/mol. The van der Waals surface area contributed by atoms with E-state index in [1.165, 1.54) is 5.56 Å². The zero-order valence-electron chi connectivity index (χ0n) is 14.3. The Morgan fingerprint density at radius 1 is 1.27 bits per heavy atom. The fraction of sp³-hybridized carbons (Fsp3) is 0.263. The summed E-state index contributed by atoms with van der Waals surface area (Å²) in [5.41, 5.74) is 2.31. The van der Waals surface area contributed by atoms with Crippen LogP contribution < -0.4 is 5.56 Å². The first-order chi connectivity index (χ1) is 12.6. The highest BCUT2D eigenvalue weighted by molar-refractivity contribution is 5.79. The molecule has 2 aromatic heterocycles. The van der Waals surface area contributed by atoms with E-state index in [0.717, 1.165) is 5.56 Å². The van der Waals surface area contributed by atoms with Crippen LogP contribution in [0.4, 0.5) is 0 Å². The number of hydrogen-bond acceptors (Lipinski definition) is 5. The summed E-state index contributed by atoms with van der Waals surface area (Å²) in [6.07, 6.45) is 1.89. The number of carbonyl (C=O) groups is 1. The Kier molecular flexibility index (Phi) is 4.12. The number of H-pyrrole nitrogens is 1. The molecule has 1 aromatic carbocycles. The molecule has 0 bridgehead atoms. The lowest BCUT2D eigenvalue weighted by molar-refractivity contribution is -0.128. The Morgan fingerprint density at radius 2 is 2.15 bits per heavy atom. The van der Waals surface area contributed by atoms with Gasteiger partial charge in [0.25, 0.3) is 11.4 Å². The number of aryl methyl sites for hydroxylation is 1. The van der Waals surface area contributed by atoms with Gasteiger partial charge in [-0.2, -0.15) is 4.98 Å². The lowest BCUT2D eigenvalue weighted by Crippen LogP contribution is -2.24. The summed E-state index contributed by atoms with van der Waals surface area (Å²) in [5.74, 6) is 0.572. The summed E-state index contributed by atoms with van der Waals surface area (Å²) in [6, 6.07) is 11.4. The number of benzene rings is 1. The third kappa shape index (κ3) is 3.15. The smallest absolute Gasteiger partial charge is 0.263 e. The van der Waals surface area contributed by atoms with Gasteiger partial charge in [0.2, 0.25) is 5.91 Å². The van der Waals surface area contributed by atoms with Crippen molar-refractivity contribution in [2.75, 3.05) is 6.54 Å². The third-order valence-corrected chi connectivity index (χ3v) is 4.53. The van der Waals surface area contributed by atoms with E-state index >= 15 is 0 Å². The largest absolute Gasteiger partial charge is 0.338 e. The number of nitrogens with one attached hydrogen (secondary N) is 1. The van der Waals surface area contributed by atoms with Crippen molar-refractivity contribution in [1.29, 1.82) is 0 Å². The molecule has 1 fully saturated rings. The van der Waals surface area contributed by atoms with Gasteiger partial charge in [-0.25, -0.2) is 0 Å². The molecule has 1 saturated heterocycles. The fourth-order valence-corrected chi connectivity index (χ4v) is 3.23. The molecule has 3 heterocycles. The minimum Gasteiger partial charge on any atom is -0.338 e. The van der Waals surface area contributed by atoms with Gasteiger partial charge in [-0.3, -0.25) is 9.59 Å². The molecule has 3 aromatic rings. The van der Waals surface area contributed by atoms with Crippen LogP contribution in [0.15, 0.2) is 51.9 Å². The van der Waals surface area contributed by atoms with Crippen molar-refractivity contribution < 1.29 is 9.32 Å². The number of pyridine rings is 1. The summed E-state index contributed by atoms with van der Waals surface area (Å²) in [4.78, 5) is 32.9. The molecule has 0 aliphatic carbocycles. The molecule has 132 valence electrons. The Balaban J connectivity index is 1.51. The van der Waals surface area contributed by atoms with Gasteiger partial charge in [0.1, 0.15) is 5.56 Å². The molecule has 1 aliphatic heterocycles. The van der Waals surface area contributed by atoms with Gasteiger partial charge >= 0.3 is 0 Å². The molecule has 0 radical (unpaired) electrons. The second-order valence-corrected chi connectivity index (χ2v) is 6.54. The van der Waals surface area contributed by atoms with Crippen LogP contribution in [0.1, 0.15) is 29.3 Å². The van der Waals surface area contributed by atoms with Gasteiger partial charge in [-0.1, -0.05) is 35.0 Å². The fourth-order valence-electron chi connectivity index (χ4n) is 3.23.